The standard InChI is InChI=1S/C21H27N5O4S/c1-6-10-30-14-8-9-15-16(11-14)23-20(22)18-19(15)26(17(24-18)12-29-7-2)13-21(3,4)25-31(5,27)28/h1,8-9,11,25H,7,10,12-13H2,2-5H3,(H2,22,23). The van der Waals surface area contributed by atoms with E-state index >= 15 is 0 Å². The van der Waals surface area contributed by atoms with Gasteiger partial charge in [-0.15, -0.1) is 6.42 Å². The van der Waals surface area contributed by atoms with E-state index in [0.717, 1.165) is 17.2 Å². The Kier molecular flexibility index (Phi) is 6.40. The number of aromatic nitrogens is 3. The van der Waals surface area contributed by atoms with E-state index in [4.69, 9.17) is 21.6 Å². The molecule has 0 amide bonds. The number of nitrogens with one attached hydrogen (secondary N) is 1. The van der Waals surface area contributed by atoms with Crippen LogP contribution in [0.4, 0.5) is 5.82 Å². The van der Waals surface area contributed by atoms with Crippen LogP contribution in [0.25, 0.3) is 21.9 Å². The predicted octanol–water partition coefficient (Wildman–Crippen LogP) is 2.04. The summed E-state index contributed by atoms with van der Waals surface area (Å²) in [6.45, 7) is 6.73. The van der Waals surface area contributed by atoms with E-state index in [2.05, 4.69) is 20.6 Å². The van der Waals surface area contributed by atoms with Gasteiger partial charge in [0.25, 0.3) is 0 Å². The molecular formula is C21H27N5O4S. The van der Waals surface area contributed by atoms with E-state index in [1.54, 1.807) is 12.1 Å². The fraction of sp³-hybridized carbons (Fsp3) is 0.429. The molecule has 0 aliphatic carbocycles. The lowest BCUT2D eigenvalue weighted by atomic mass is 10.1. The van der Waals surface area contributed by atoms with Crippen molar-refractivity contribution in [2.24, 2.45) is 0 Å². The van der Waals surface area contributed by atoms with E-state index in [0.29, 0.717) is 35.8 Å². The lowest BCUT2D eigenvalue weighted by molar-refractivity contribution is 0.125. The highest BCUT2D eigenvalue weighted by molar-refractivity contribution is 7.88. The molecule has 10 heteroatoms. The molecule has 0 saturated heterocycles. The highest BCUT2D eigenvalue weighted by Crippen LogP contribution is 2.32. The van der Waals surface area contributed by atoms with Gasteiger partial charge in [-0.25, -0.2) is 23.1 Å². The third kappa shape index (κ3) is 5.25. The van der Waals surface area contributed by atoms with Crippen molar-refractivity contribution in [1.82, 2.24) is 19.3 Å². The van der Waals surface area contributed by atoms with Crippen molar-refractivity contribution in [3.63, 3.8) is 0 Å². The Labute approximate surface area is 182 Å². The van der Waals surface area contributed by atoms with Crippen LogP contribution in [-0.4, -0.2) is 48.0 Å². The zero-order valence-electron chi connectivity index (χ0n) is 18.1. The number of rotatable bonds is 9. The van der Waals surface area contributed by atoms with Gasteiger partial charge in [0.1, 0.15) is 30.3 Å². The highest BCUT2D eigenvalue weighted by atomic mass is 32.2. The molecule has 1 aromatic carbocycles. The predicted molar refractivity (Wildman–Crippen MR) is 121 cm³/mol. The molecule has 166 valence electrons. The van der Waals surface area contributed by atoms with E-state index in [9.17, 15) is 8.42 Å². The quantitative estimate of drug-likeness (QED) is 0.483. The number of hydrogen-bond acceptors (Lipinski definition) is 7. The largest absolute Gasteiger partial charge is 0.481 e. The summed E-state index contributed by atoms with van der Waals surface area (Å²) in [6, 6.07) is 5.44. The molecule has 0 fully saturated rings. The summed E-state index contributed by atoms with van der Waals surface area (Å²) in [4.78, 5) is 9.15. The molecular weight excluding hydrogens is 418 g/mol. The first-order valence-corrected chi connectivity index (χ1v) is 11.6. The summed E-state index contributed by atoms with van der Waals surface area (Å²) >= 11 is 0. The van der Waals surface area contributed by atoms with Crippen LogP contribution in [0.1, 0.15) is 26.6 Å². The summed E-state index contributed by atoms with van der Waals surface area (Å²) < 4.78 is 39.4. The van der Waals surface area contributed by atoms with Gasteiger partial charge in [-0.3, -0.25) is 0 Å². The van der Waals surface area contributed by atoms with Gasteiger partial charge in [0.15, 0.2) is 5.82 Å². The molecule has 31 heavy (non-hydrogen) atoms. The fourth-order valence-corrected chi connectivity index (χ4v) is 4.62. The SMILES string of the molecule is C#CCOc1ccc2c(c1)nc(N)c1nc(COCC)n(CC(C)(C)NS(C)(=O)=O)c12. The number of nitrogens with zero attached hydrogens (tertiary/aromatic N) is 3. The van der Waals surface area contributed by atoms with Crippen molar-refractivity contribution >= 4 is 37.8 Å². The van der Waals surface area contributed by atoms with Crippen LogP contribution in [0.3, 0.4) is 0 Å². The summed E-state index contributed by atoms with van der Waals surface area (Å²) in [5.41, 5.74) is 7.36. The van der Waals surface area contributed by atoms with Crippen LogP contribution in [-0.2, 0) is 27.9 Å². The van der Waals surface area contributed by atoms with Gasteiger partial charge in [0, 0.05) is 30.1 Å². The second kappa shape index (κ2) is 8.70. The second-order valence-corrected chi connectivity index (χ2v) is 9.62. The number of pyridine rings is 1. The third-order valence-corrected chi connectivity index (χ3v) is 5.45. The normalized spacial score (nSPS) is 12.4. The lowest BCUT2D eigenvalue weighted by Gasteiger charge is -2.27. The first kappa shape index (κ1) is 22.8. The Morgan fingerprint density at radius 1 is 1.32 bits per heavy atom. The maximum absolute atomic E-state index is 11.9. The number of imidazole rings is 1. The van der Waals surface area contributed by atoms with Crippen LogP contribution in [0.15, 0.2) is 18.2 Å². The monoisotopic (exact) mass is 445 g/mol. The number of terminal acetylenes is 1. The first-order valence-electron chi connectivity index (χ1n) is 9.76. The van der Waals surface area contributed by atoms with Crippen LogP contribution in [0.5, 0.6) is 5.75 Å². The van der Waals surface area contributed by atoms with Gasteiger partial charge in [-0.2, -0.15) is 0 Å². The highest BCUT2D eigenvalue weighted by Gasteiger charge is 2.27. The molecule has 0 saturated carbocycles. The molecule has 0 bridgehead atoms. The molecule has 2 aromatic heterocycles. The summed E-state index contributed by atoms with van der Waals surface area (Å²) in [7, 11) is -3.42. The number of nitrogens with two attached hydrogens (primary N) is 1. The average Bonchev–Trinajstić information content (AvgIpc) is 3.01. The summed E-state index contributed by atoms with van der Waals surface area (Å²) in [6.07, 6.45) is 6.41. The third-order valence-electron chi connectivity index (χ3n) is 4.53. The van der Waals surface area contributed by atoms with E-state index in [1.165, 1.54) is 0 Å². The maximum Gasteiger partial charge on any atom is 0.209 e. The Bertz CT molecular complexity index is 1260. The molecule has 3 aromatic rings. The fourth-order valence-electron chi connectivity index (χ4n) is 3.56. The number of ether oxygens (including phenoxy) is 2. The van der Waals surface area contributed by atoms with Gasteiger partial charge in [-0.05, 0) is 32.9 Å². The van der Waals surface area contributed by atoms with Crippen molar-refractivity contribution in [3.05, 3.63) is 24.0 Å². The molecule has 3 N–H and O–H groups in total. The zero-order chi connectivity index (χ0) is 22.8. The van der Waals surface area contributed by atoms with Crippen LogP contribution >= 0.6 is 0 Å². The minimum atomic E-state index is -3.42. The molecule has 0 atom stereocenters. The van der Waals surface area contributed by atoms with E-state index in [-0.39, 0.29) is 19.0 Å². The molecule has 0 spiro atoms. The Hall–Kier alpha value is -2.87. The smallest absolute Gasteiger partial charge is 0.209 e. The zero-order valence-corrected chi connectivity index (χ0v) is 18.9. The minimum Gasteiger partial charge on any atom is -0.481 e. The molecule has 9 nitrogen and oxygen atoms in total. The van der Waals surface area contributed by atoms with Gasteiger partial charge < -0.3 is 19.8 Å². The number of nitrogen functional groups attached to an aromatic ring is 1. The molecule has 3 rings (SSSR count). The number of benzene rings is 1. The number of hydrogen-bond donors (Lipinski definition) is 2. The molecule has 2 heterocycles. The molecule has 0 radical (unpaired) electrons. The van der Waals surface area contributed by atoms with Gasteiger partial charge in [-0.1, -0.05) is 5.92 Å². The lowest BCUT2D eigenvalue weighted by Crippen LogP contribution is -2.46. The van der Waals surface area contributed by atoms with Gasteiger partial charge in [0.2, 0.25) is 10.0 Å². The van der Waals surface area contributed by atoms with E-state index < -0.39 is 15.6 Å². The van der Waals surface area contributed by atoms with Crippen LogP contribution < -0.4 is 15.2 Å². The Morgan fingerprint density at radius 2 is 2.06 bits per heavy atom. The Balaban J connectivity index is 2.22. The Morgan fingerprint density at radius 3 is 2.71 bits per heavy atom. The van der Waals surface area contributed by atoms with Gasteiger partial charge in [0.05, 0.1) is 17.3 Å². The summed E-state index contributed by atoms with van der Waals surface area (Å²) in [5.74, 6) is 3.91. The molecule has 0 aliphatic heterocycles. The average molecular weight is 446 g/mol. The van der Waals surface area contributed by atoms with Crippen molar-refractivity contribution in [1.29, 1.82) is 0 Å². The van der Waals surface area contributed by atoms with Crippen molar-refractivity contribution in [2.45, 2.75) is 39.5 Å². The number of fused-ring (bicyclic) bond motifs is 3. The van der Waals surface area contributed by atoms with Gasteiger partial charge >= 0.3 is 0 Å². The molecule has 0 aliphatic rings. The van der Waals surface area contributed by atoms with E-state index in [1.807, 2.05) is 31.4 Å². The van der Waals surface area contributed by atoms with Crippen molar-refractivity contribution in [3.8, 4) is 18.1 Å². The minimum absolute atomic E-state index is 0.144. The first-order chi connectivity index (χ1) is 14.5. The topological polar surface area (TPSA) is 121 Å². The molecule has 0 unspecified atom stereocenters. The summed E-state index contributed by atoms with van der Waals surface area (Å²) in [5, 5.41) is 0.808. The van der Waals surface area contributed by atoms with Crippen molar-refractivity contribution < 1.29 is 17.9 Å². The van der Waals surface area contributed by atoms with Crippen molar-refractivity contribution in [2.75, 3.05) is 25.2 Å². The maximum atomic E-state index is 11.9. The number of sulfonamides is 1. The van der Waals surface area contributed by atoms with Crippen LogP contribution in [0, 0.1) is 12.3 Å². The van der Waals surface area contributed by atoms with Crippen LogP contribution in [0.2, 0.25) is 0 Å². The number of anilines is 1. The second-order valence-electron chi connectivity index (χ2n) is 7.88.